The van der Waals surface area contributed by atoms with E-state index in [0.717, 1.165) is 12.0 Å². The van der Waals surface area contributed by atoms with Crippen LogP contribution in [0.1, 0.15) is 12.0 Å². The predicted octanol–water partition coefficient (Wildman–Crippen LogP) is 4.36. The first-order valence-corrected chi connectivity index (χ1v) is 9.15. The van der Waals surface area contributed by atoms with Crippen molar-refractivity contribution in [1.29, 1.82) is 0 Å². The maximum Gasteiger partial charge on any atom is 0.0783 e. The summed E-state index contributed by atoms with van der Waals surface area (Å²) in [4.78, 5) is 0. The average molecular weight is 228 g/mol. The van der Waals surface area contributed by atoms with Crippen LogP contribution in [-0.2, 0) is 6.42 Å². The standard InChI is InChI=1S/C15H20Si/c1-4-16(2,3)15-11-10-14(15)12-13-8-6-5-7-9-13/h4-10,15H,1,11-12H2,2-3H3. The lowest BCUT2D eigenvalue weighted by molar-refractivity contribution is 0.799. The van der Waals surface area contributed by atoms with Gasteiger partial charge in [0.2, 0.25) is 0 Å². The normalized spacial score (nSPS) is 19.9. The van der Waals surface area contributed by atoms with Gasteiger partial charge in [0, 0.05) is 0 Å². The Labute approximate surface area is 99.7 Å². The van der Waals surface area contributed by atoms with Crippen molar-refractivity contribution in [3.05, 3.63) is 59.8 Å². The summed E-state index contributed by atoms with van der Waals surface area (Å²) in [5, 5.41) is 0. The molecule has 84 valence electrons. The molecule has 16 heavy (non-hydrogen) atoms. The first-order valence-electron chi connectivity index (χ1n) is 6.00. The fourth-order valence-corrected chi connectivity index (χ4v) is 4.54. The second-order valence-electron chi connectivity index (χ2n) is 5.26. The van der Waals surface area contributed by atoms with Crippen LogP contribution in [0.5, 0.6) is 0 Å². The molecule has 1 atom stereocenters. The van der Waals surface area contributed by atoms with Gasteiger partial charge in [0.15, 0.2) is 0 Å². The fraction of sp³-hybridized carbons (Fsp3) is 0.333. The van der Waals surface area contributed by atoms with Crippen molar-refractivity contribution >= 4 is 8.07 Å². The number of hydrogen-bond donors (Lipinski definition) is 0. The van der Waals surface area contributed by atoms with Crippen LogP contribution in [-0.4, -0.2) is 8.07 Å². The Balaban J connectivity index is 2.06. The quantitative estimate of drug-likeness (QED) is 0.530. The lowest BCUT2D eigenvalue weighted by Gasteiger charge is -2.37. The molecule has 0 N–H and O–H groups in total. The Hall–Kier alpha value is -1.08. The molecule has 0 radical (unpaired) electrons. The summed E-state index contributed by atoms with van der Waals surface area (Å²) in [5.74, 6) is 0. The number of rotatable bonds is 4. The molecule has 0 aromatic heterocycles. The summed E-state index contributed by atoms with van der Waals surface area (Å²) >= 11 is 0. The molecule has 2 rings (SSSR count). The number of hydrogen-bond acceptors (Lipinski definition) is 0. The zero-order valence-electron chi connectivity index (χ0n) is 10.2. The molecular formula is C15H20Si. The minimum absolute atomic E-state index is 0.824. The zero-order chi connectivity index (χ0) is 11.6. The first kappa shape index (κ1) is 11.4. The van der Waals surface area contributed by atoms with Gasteiger partial charge in [-0.15, -0.1) is 12.3 Å². The SMILES string of the molecule is C=C[Si](C)(C)C1CC=C1Cc1ccccc1. The van der Waals surface area contributed by atoms with Crippen LogP contribution in [0, 0.1) is 0 Å². The monoisotopic (exact) mass is 228 g/mol. The Morgan fingerprint density at radius 3 is 2.50 bits per heavy atom. The fourth-order valence-electron chi connectivity index (χ4n) is 2.35. The molecule has 0 heterocycles. The minimum atomic E-state index is -1.22. The van der Waals surface area contributed by atoms with Crippen molar-refractivity contribution in [3.8, 4) is 0 Å². The number of allylic oxidation sites excluding steroid dienone is 2. The highest BCUT2D eigenvalue weighted by atomic mass is 28.3. The van der Waals surface area contributed by atoms with Crippen LogP contribution >= 0.6 is 0 Å². The molecule has 0 aliphatic heterocycles. The summed E-state index contributed by atoms with van der Waals surface area (Å²) in [6.45, 7) is 8.85. The second-order valence-corrected chi connectivity index (χ2v) is 10.0. The average Bonchev–Trinajstić information content (AvgIpc) is 2.25. The van der Waals surface area contributed by atoms with Gasteiger partial charge >= 0.3 is 0 Å². The Morgan fingerprint density at radius 1 is 1.31 bits per heavy atom. The molecule has 0 amide bonds. The third-order valence-electron chi connectivity index (χ3n) is 3.74. The third-order valence-corrected chi connectivity index (χ3v) is 7.19. The van der Waals surface area contributed by atoms with Crippen molar-refractivity contribution in [2.24, 2.45) is 0 Å². The van der Waals surface area contributed by atoms with E-state index in [-0.39, 0.29) is 0 Å². The van der Waals surface area contributed by atoms with Crippen LogP contribution < -0.4 is 0 Å². The molecule has 1 unspecified atom stereocenters. The van der Waals surface area contributed by atoms with Gasteiger partial charge in [-0.05, 0) is 23.9 Å². The lowest BCUT2D eigenvalue weighted by Crippen LogP contribution is -2.35. The van der Waals surface area contributed by atoms with E-state index in [1.54, 1.807) is 5.57 Å². The van der Waals surface area contributed by atoms with Crippen LogP contribution in [0.2, 0.25) is 18.6 Å². The van der Waals surface area contributed by atoms with Gasteiger partial charge in [0.05, 0.1) is 8.07 Å². The minimum Gasteiger partial charge on any atom is -0.107 e. The third kappa shape index (κ3) is 2.19. The summed E-state index contributed by atoms with van der Waals surface area (Å²) in [6, 6.07) is 10.8. The smallest absolute Gasteiger partial charge is 0.0783 e. The highest BCUT2D eigenvalue weighted by Gasteiger charge is 2.35. The molecule has 0 saturated heterocycles. The van der Waals surface area contributed by atoms with E-state index < -0.39 is 8.07 Å². The van der Waals surface area contributed by atoms with Gasteiger partial charge < -0.3 is 0 Å². The topological polar surface area (TPSA) is 0 Å². The maximum atomic E-state index is 4.01. The Bertz CT molecular complexity index is 401. The van der Waals surface area contributed by atoms with Crippen molar-refractivity contribution in [2.75, 3.05) is 0 Å². The molecule has 1 heteroatoms. The van der Waals surface area contributed by atoms with Gasteiger partial charge in [-0.25, -0.2) is 0 Å². The first-order chi connectivity index (χ1) is 7.63. The molecule has 1 aromatic carbocycles. The lowest BCUT2D eigenvalue weighted by atomic mass is 9.92. The molecule has 1 aromatic rings. The van der Waals surface area contributed by atoms with Crippen molar-refractivity contribution in [1.82, 2.24) is 0 Å². The molecule has 0 fully saturated rings. The van der Waals surface area contributed by atoms with Crippen LogP contribution in [0.15, 0.2) is 54.3 Å². The van der Waals surface area contributed by atoms with E-state index >= 15 is 0 Å². The molecule has 0 saturated carbocycles. The molecular weight excluding hydrogens is 208 g/mol. The Kier molecular flexibility index (Phi) is 3.15. The van der Waals surface area contributed by atoms with Gasteiger partial charge in [0.25, 0.3) is 0 Å². The number of benzene rings is 1. The van der Waals surface area contributed by atoms with E-state index in [0.29, 0.717) is 0 Å². The summed E-state index contributed by atoms with van der Waals surface area (Å²) in [5.41, 5.74) is 6.13. The summed E-state index contributed by atoms with van der Waals surface area (Å²) in [7, 11) is -1.22. The van der Waals surface area contributed by atoms with E-state index in [1.165, 1.54) is 12.0 Å². The van der Waals surface area contributed by atoms with E-state index in [4.69, 9.17) is 0 Å². The van der Waals surface area contributed by atoms with Gasteiger partial charge in [-0.1, -0.05) is 55.1 Å². The van der Waals surface area contributed by atoms with Crippen LogP contribution in [0.3, 0.4) is 0 Å². The van der Waals surface area contributed by atoms with E-state index in [1.807, 2.05) is 0 Å². The van der Waals surface area contributed by atoms with Crippen molar-refractivity contribution in [3.63, 3.8) is 0 Å². The maximum absolute atomic E-state index is 4.01. The molecule has 0 bridgehead atoms. The largest absolute Gasteiger partial charge is 0.107 e. The predicted molar refractivity (Wildman–Crippen MR) is 74.3 cm³/mol. The zero-order valence-corrected chi connectivity index (χ0v) is 11.2. The van der Waals surface area contributed by atoms with Gasteiger partial charge in [-0.3, -0.25) is 0 Å². The van der Waals surface area contributed by atoms with Crippen molar-refractivity contribution in [2.45, 2.75) is 31.5 Å². The molecule has 1 aliphatic rings. The Morgan fingerprint density at radius 2 is 2.00 bits per heavy atom. The van der Waals surface area contributed by atoms with Crippen LogP contribution in [0.4, 0.5) is 0 Å². The van der Waals surface area contributed by atoms with Crippen LogP contribution in [0.25, 0.3) is 0 Å². The summed E-state index contributed by atoms with van der Waals surface area (Å²) < 4.78 is 0. The highest BCUT2D eigenvalue weighted by molar-refractivity contribution is 6.84. The van der Waals surface area contributed by atoms with E-state index in [2.05, 4.69) is 61.8 Å². The van der Waals surface area contributed by atoms with Crippen molar-refractivity contribution < 1.29 is 0 Å². The van der Waals surface area contributed by atoms with Gasteiger partial charge in [0.1, 0.15) is 0 Å². The molecule has 0 nitrogen and oxygen atoms in total. The van der Waals surface area contributed by atoms with E-state index in [9.17, 15) is 0 Å². The molecule has 1 aliphatic carbocycles. The molecule has 0 spiro atoms. The second kappa shape index (κ2) is 4.42. The highest BCUT2D eigenvalue weighted by Crippen LogP contribution is 2.43. The summed E-state index contributed by atoms with van der Waals surface area (Å²) in [6.07, 6.45) is 4.82. The van der Waals surface area contributed by atoms with Gasteiger partial charge in [-0.2, -0.15) is 0 Å².